The molecule has 224 valence electrons. The van der Waals surface area contributed by atoms with E-state index in [1.165, 1.54) is 83.5 Å². The zero-order valence-corrected chi connectivity index (χ0v) is 27.0. The highest BCUT2D eigenvalue weighted by atomic mass is 79.9. The maximum absolute atomic E-state index is 11.9. The second-order valence-electron chi connectivity index (χ2n) is 10.4. The number of halogens is 1. The van der Waals surface area contributed by atoms with Crippen LogP contribution in [0.25, 0.3) is 0 Å². The number of ether oxygens (including phenoxy) is 2. The molecule has 1 aromatic heterocycles. The van der Waals surface area contributed by atoms with Crippen molar-refractivity contribution in [3.8, 4) is 0 Å². The summed E-state index contributed by atoms with van der Waals surface area (Å²) >= 11 is 5.24. The Morgan fingerprint density at radius 1 is 0.744 bits per heavy atom. The monoisotopic (exact) mass is 626 g/mol. The molecule has 1 aromatic rings. The zero-order chi connectivity index (χ0) is 27.5. The van der Waals surface area contributed by atoms with Gasteiger partial charge in [-0.05, 0) is 37.1 Å². The van der Waals surface area contributed by atoms with E-state index in [2.05, 4.69) is 35.8 Å². The number of rotatable bonds is 25. The van der Waals surface area contributed by atoms with E-state index in [9.17, 15) is 4.79 Å². The lowest BCUT2D eigenvalue weighted by Crippen LogP contribution is -3.00. The Labute approximate surface area is 255 Å². The van der Waals surface area contributed by atoms with Crippen molar-refractivity contribution in [1.29, 1.82) is 0 Å². The van der Waals surface area contributed by atoms with E-state index in [4.69, 9.17) is 21.7 Å². The summed E-state index contributed by atoms with van der Waals surface area (Å²) in [4.78, 5) is 11.9. The van der Waals surface area contributed by atoms with Gasteiger partial charge in [0, 0.05) is 31.5 Å². The Bertz CT molecular complexity index is 733. The predicted octanol–water partition coefficient (Wildman–Crippen LogP) is 5.01. The summed E-state index contributed by atoms with van der Waals surface area (Å²) in [5, 5.41) is 3.55. The van der Waals surface area contributed by atoms with E-state index in [-0.39, 0.29) is 36.2 Å². The molecule has 0 amide bonds. The van der Waals surface area contributed by atoms with Gasteiger partial charge in [-0.3, -0.25) is 4.79 Å². The van der Waals surface area contributed by atoms with E-state index >= 15 is 0 Å². The third-order valence-electron chi connectivity index (χ3n) is 6.72. The molecule has 0 aliphatic carbocycles. The maximum atomic E-state index is 11.9. The number of hydrogen-bond acceptors (Lipinski definition) is 4. The van der Waals surface area contributed by atoms with E-state index < -0.39 is 0 Å². The number of esters is 1. The van der Waals surface area contributed by atoms with Gasteiger partial charge >= 0.3 is 5.97 Å². The van der Waals surface area contributed by atoms with Gasteiger partial charge < -0.3 is 31.8 Å². The normalized spacial score (nSPS) is 10.5. The van der Waals surface area contributed by atoms with Crippen LogP contribution in [-0.4, -0.2) is 30.9 Å². The third-order valence-corrected chi connectivity index (χ3v) is 6.98. The summed E-state index contributed by atoms with van der Waals surface area (Å²) in [7, 11) is 0. The number of aryl methyl sites for hydroxylation is 1. The molecular formula is C32H55BrN2O3S. The Morgan fingerprint density at radius 3 is 1.85 bits per heavy atom. The minimum Gasteiger partial charge on any atom is -1.00 e. The van der Waals surface area contributed by atoms with E-state index in [1.54, 1.807) is 0 Å². The molecule has 0 fully saturated rings. The highest BCUT2D eigenvalue weighted by Crippen LogP contribution is 2.13. The smallest absolute Gasteiger partial charge is 0.306 e. The standard InChI is InChI=1S/C32H54N2O3S.BrH/c1-3-4-5-6-7-8-9-10-11-12-13-14-15-19-24-33-32(38)37-29-30(2)28-36-31(35)23-18-16-20-25-34-26-21-17-22-27-34;/h17,21-22,26-27H,2-16,18-20,23-25,28-29H2,1H3;1H. The second kappa shape index (κ2) is 28.1. The van der Waals surface area contributed by atoms with Crippen molar-refractivity contribution in [1.82, 2.24) is 5.32 Å². The van der Waals surface area contributed by atoms with Gasteiger partial charge in [0.25, 0.3) is 5.17 Å². The van der Waals surface area contributed by atoms with Crippen molar-refractivity contribution in [2.45, 2.75) is 129 Å². The van der Waals surface area contributed by atoms with Crippen LogP contribution >= 0.6 is 12.2 Å². The molecule has 1 rings (SSSR count). The number of pyridine rings is 1. The van der Waals surface area contributed by atoms with Crippen LogP contribution in [0.4, 0.5) is 0 Å². The van der Waals surface area contributed by atoms with Gasteiger partial charge in [-0.25, -0.2) is 4.57 Å². The Balaban J connectivity index is 0.0000144. The average Bonchev–Trinajstić information content (AvgIpc) is 2.93. The predicted molar refractivity (Wildman–Crippen MR) is 162 cm³/mol. The first-order valence-electron chi connectivity index (χ1n) is 15.3. The first-order valence-corrected chi connectivity index (χ1v) is 15.7. The Morgan fingerprint density at radius 2 is 1.26 bits per heavy atom. The van der Waals surface area contributed by atoms with Crippen LogP contribution in [0.2, 0.25) is 0 Å². The summed E-state index contributed by atoms with van der Waals surface area (Å²) in [6, 6.07) is 6.06. The van der Waals surface area contributed by atoms with Crippen molar-refractivity contribution in [3.63, 3.8) is 0 Å². The van der Waals surface area contributed by atoms with Crippen molar-refractivity contribution < 1.29 is 35.8 Å². The molecule has 0 aromatic carbocycles. The Hall–Kier alpha value is -1.47. The zero-order valence-electron chi connectivity index (χ0n) is 24.6. The minimum absolute atomic E-state index is 0. The van der Waals surface area contributed by atoms with Gasteiger partial charge in [0.15, 0.2) is 12.4 Å². The number of thiocarbonyl (C=S) groups is 1. The quantitative estimate of drug-likeness (QED) is 0.0544. The molecule has 0 saturated carbocycles. The summed E-state index contributed by atoms with van der Waals surface area (Å²) in [5.74, 6) is -0.183. The van der Waals surface area contributed by atoms with Gasteiger partial charge in [0.1, 0.15) is 19.8 Å². The highest BCUT2D eigenvalue weighted by Gasteiger charge is 2.06. The number of unbranched alkanes of at least 4 members (excludes halogenated alkanes) is 15. The van der Waals surface area contributed by atoms with E-state index in [0.717, 1.165) is 38.8 Å². The molecule has 0 unspecified atom stereocenters. The molecule has 0 radical (unpaired) electrons. The van der Waals surface area contributed by atoms with Crippen LogP contribution in [0, 0.1) is 0 Å². The number of hydrogen-bond donors (Lipinski definition) is 1. The van der Waals surface area contributed by atoms with Crippen LogP contribution in [-0.2, 0) is 20.8 Å². The van der Waals surface area contributed by atoms with Crippen LogP contribution in [0.3, 0.4) is 0 Å². The van der Waals surface area contributed by atoms with Gasteiger partial charge in [-0.15, -0.1) is 0 Å². The van der Waals surface area contributed by atoms with E-state index in [1.807, 2.05) is 18.2 Å². The minimum atomic E-state index is -0.183. The molecule has 5 nitrogen and oxygen atoms in total. The fourth-order valence-electron chi connectivity index (χ4n) is 4.35. The topological polar surface area (TPSA) is 51.4 Å². The largest absolute Gasteiger partial charge is 1.00 e. The number of nitrogens with zero attached hydrogens (tertiary/aromatic N) is 1. The maximum Gasteiger partial charge on any atom is 0.306 e. The van der Waals surface area contributed by atoms with Crippen LogP contribution in [0.1, 0.15) is 122 Å². The van der Waals surface area contributed by atoms with Crippen molar-refractivity contribution in [2.75, 3.05) is 19.8 Å². The van der Waals surface area contributed by atoms with Crippen molar-refractivity contribution in [3.05, 3.63) is 42.7 Å². The Kier molecular flexibility index (Phi) is 27.0. The van der Waals surface area contributed by atoms with Crippen LogP contribution < -0.4 is 26.9 Å². The summed E-state index contributed by atoms with van der Waals surface area (Å²) < 4.78 is 13.0. The number of aromatic nitrogens is 1. The van der Waals surface area contributed by atoms with Gasteiger partial charge in [0.05, 0.1) is 0 Å². The van der Waals surface area contributed by atoms with Crippen LogP contribution in [0.15, 0.2) is 42.7 Å². The summed E-state index contributed by atoms with van der Waals surface area (Å²) in [5.41, 5.74) is 0.708. The highest BCUT2D eigenvalue weighted by molar-refractivity contribution is 7.80. The lowest BCUT2D eigenvalue weighted by Gasteiger charge is -2.11. The molecule has 0 spiro atoms. The third kappa shape index (κ3) is 25.3. The lowest BCUT2D eigenvalue weighted by atomic mass is 10.0. The fraction of sp³-hybridized carbons (Fsp3) is 0.719. The summed E-state index contributed by atoms with van der Waals surface area (Å²) in [6.07, 6.45) is 26.4. The second-order valence-corrected chi connectivity index (χ2v) is 10.8. The fourth-order valence-corrected chi connectivity index (χ4v) is 4.51. The number of carbonyl (C=O) groups is 1. The number of carbonyl (C=O) groups excluding carboxylic acids is 1. The molecule has 1 heterocycles. The van der Waals surface area contributed by atoms with Crippen molar-refractivity contribution in [2.24, 2.45) is 0 Å². The SMILES string of the molecule is C=C(COC(=O)CCCCC[n+]1ccccc1)COC(=S)NCCCCCCCCCCCCCCCC.[Br-]. The van der Waals surface area contributed by atoms with Gasteiger partial charge in [-0.1, -0.05) is 103 Å². The lowest BCUT2D eigenvalue weighted by molar-refractivity contribution is -0.697. The molecule has 1 N–H and O–H groups in total. The molecule has 7 heteroatoms. The van der Waals surface area contributed by atoms with Gasteiger partial charge in [-0.2, -0.15) is 0 Å². The molecule has 0 aliphatic heterocycles. The molecule has 39 heavy (non-hydrogen) atoms. The van der Waals surface area contributed by atoms with Crippen molar-refractivity contribution >= 4 is 23.4 Å². The molecule has 0 bridgehead atoms. The molecule has 0 aliphatic rings. The van der Waals surface area contributed by atoms with Gasteiger partial charge in [0.2, 0.25) is 0 Å². The average molecular weight is 628 g/mol. The first-order chi connectivity index (χ1) is 18.6. The first kappa shape index (κ1) is 37.5. The molecule has 0 atom stereocenters. The number of nitrogens with one attached hydrogen (secondary N) is 1. The molecular weight excluding hydrogens is 572 g/mol. The van der Waals surface area contributed by atoms with E-state index in [0.29, 0.717) is 17.2 Å². The molecule has 0 saturated heterocycles. The summed E-state index contributed by atoms with van der Waals surface area (Å²) in [6.45, 7) is 8.46. The van der Waals surface area contributed by atoms with Crippen LogP contribution in [0.5, 0.6) is 0 Å².